The molecule has 23 heavy (non-hydrogen) atoms. The summed E-state index contributed by atoms with van der Waals surface area (Å²) in [7, 11) is -0.601. The summed E-state index contributed by atoms with van der Waals surface area (Å²) < 4.78 is 17.6. The van der Waals surface area contributed by atoms with E-state index in [4.69, 9.17) is 14.0 Å². The summed E-state index contributed by atoms with van der Waals surface area (Å²) in [5.41, 5.74) is 2.51. The Labute approximate surface area is 142 Å². The molecule has 0 atom stereocenters. The van der Waals surface area contributed by atoms with Gasteiger partial charge in [-0.3, -0.25) is 0 Å². The molecule has 0 aliphatic heterocycles. The maximum absolute atomic E-state index is 6.05. The van der Waals surface area contributed by atoms with Gasteiger partial charge in [-0.1, -0.05) is 57.7 Å². The molecule has 0 aromatic heterocycles. The zero-order chi connectivity index (χ0) is 16.9. The number of hydrogen-bond acceptors (Lipinski definition) is 3. The zero-order valence-corrected chi connectivity index (χ0v) is 15.4. The van der Waals surface area contributed by atoms with Crippen molar-refractivity contribution in [2.45, 2.75) is 72.6 Å². The number of aryl methyl sites for hydroxylation is 2. The van der Waals surface area contributed by atoms with Crippen molar-refractivity contribution < 1.29 is 14.0 Å². The van der Waals surface area contributed by atoms with Crippen molar-refractivity contribution in [3.8, 4) is 5.75 Å². The molecule has 1 rings (SSSR count). The van der Waals surface area contributed by atoms with Gasteiger partial charge < -0.3 is 14.0 Å². The standard InChI is InChI=1S/C19H33BO3/c1-5-8-11-18-16-17(4)12-13-19(18)23-20(21-14-9-6-2)22-15-10-7-3/h12-13,16H,5-11,14-15H2,1-4H3. The van der Waals surface area contributed by atoms with E-state index < -0.39 is 7.32 Å². The molecule has 0 spiro atoms. The fraction of sp³-hybridized carbons (Fsp3) is 0.684. The first-order chi connectivity index (χ1) is 11.2. The van der Waals surface area contributed by atoms with Gasteiger partial charge in [0.1, 0.15) is 5.75 Å². The molecule has 0 bridgehead atoms. The highest BCUT2D eigenvalue weighted by Crippen LogP contribution is 2.23. The Bertz CT molecular complexity index is 413. The molecule has 4 heteroatoms. The fourth-order valence-electron chi connectivity index (χ4n) is 2.25. The van der Waals surface area contributed by atoms with Gasteiger partial charge in [0.05, 0.1) is 0 Å². The highest BCUT2D eigenvalue weighted by molar-refractivity contribution is 6.37. The summed E-state index contributed by atoms with van der Waals surface area (Å²) in [5, 5.41) is 0. The highest BCUT2D eigenvalue weighted by atomic mass is 16.7. The summed E-state index contributed by atoms with van der Waals surface area (Å²) in [6.45, 7) is 9.97. The largest absolute Gasteiger partial charge is 0.713 e. The maximum atomic E-state index is 6.05. The summed E-state index contributed by atoms with van der Waals surface area (Å²) in [6.07, 6.45) is 7.63. The number of benzene rings is 1. The summed E-state index contributed by atoms with van der Waals surface area (Å²) in [6, 6.07) is 6.33. The Morgan fingerprint density at radius 2 is 1.48 bits per heavy atom. The molecule has 0 N–H and O–H groups in total. The van der Waals surface area contributed by atoms with Crippen LogP contribution in [0.2, 0.25) is 0 Å². The van der Waals surface area contributed by atoms with Crippen molar-refractivity contribution in [1.82, 2.24) is 0 Å². The second-order valence-electron chi connectivity index (χ2n) is 6.07. The van der Waals surface area contributed by atoms with Crippen LogP contribution in [0.25, 0.3) is 0 Å². The third kappa shape index (κ3) is 8.43. The van der Waals surface area contributed by atoms with Crippen molar-refractivity contribution in [1.29, 1.82) is 0 Å². The van der Waals surface area contributed by atoms with Gasteiger partial charge in [0.25, 0.3) is 0 Å². The molecular formula is C19H33BO3. The summed E-state index contributed by atoms with van der Waals surface area (Å²) >= 11 is 0. The SMILES string of the molecule is CCCCOB(OCCCC)Oc1ccc(C)cc1CCCC. The second kappa shape index (κ2) is 12.4. The predicted molar refractivity (Wildman–Crippen MR) is 97.9 cm³/mol. The van der Waals surface area contributed by atoms with Crippen LogP contribution in [0.3, 0.4) is 0 Å². The van der Waals surface area contributed by atoms with Gasteiger partial charge in [0.2, 0.25) is 0 Å². The molecule has 0 unspecified atom stereocenters. The molecule has 130 valence electrons. The van der Waals surface area contributed by atoms with Crippen LogP contribution in [0.1, 0.15) is 70.4 Å². The van der Waals surface area contributed by atoms with Crippen LogP contribution in [0, 0.1) is 6.92 Å². The predicted octanol–water partition coefficient (Wildman–Crippen LogP) is 5.33. The van der Waals surface area contributed by atoms with Gasteiger partial charge in [-0.25, -0.2) is 0 Å². The lowest BCUT2D eigenvalue weighted by Gasteiger charge is -2.18. The molecule has 1 aromatic carbocycles. The Hall–Kier alpha value is -0.995. The molecule has 0 fully saturated rings. The maximum Gasteiger partial charge on any atom is 0.713 e. The topological polar surface area (TPSA) is 27.7 Å². The average Bonchev–Trinajstić information content (AvgIpc) is 2.55. The van der Waals surface area contributed by atoms with Gasteiger partial charge in [-0.2, -0.15) is 0 Å². The first-order valence-corrected chi connectivity index (χ1v) is 9.20. The molecule has 3 nitrogen and oxygen atoms in total. The molecule has 0 radical (unpaired) electrons. The molecule has 0 saturated heterocycles. The van der Waals surface area contributed by atoms with Crippen LogP contribution in [0.4, 0.5) is 0 Å². The molecule has 0 saturated carbocycles. The highest BCUT2D eigenvalue weighted by Gasteiger charge is 2.24. The average molecular weight is 320 g/mol. The van der Waals surface area contributed by atoms with Crippen molar-refractivity contribution in [2.75, 3.05) is 13.2 Å². The van der Waals surface area contributed by atoms with E-state index in [1.165, 1.54) is 17.5 Å². The number of rotatable bonds is 13. The van der Waals surface area contributed by atoms with E-state index in [0.717, 1.165) is 44.3 Å². The van der Waals surface area contributed by atoms with E-state index in [1.54, 1.807) is 0 Å². The van der Waals surface area contributed by atoms with Crippen LogP contribution in [0.15, 0.2) is 18.2 Å². The van der Waals surface area contributed by atoms with E-state index in [2.05, 4.69) is 39.8 Å². The van der Waals surface area contributed by atoms with Crippen molar-refractivity contribution in [3.63, 3.8) is 0 Å². The Morgan fingerprint density at radius 3 is 2.04 bits per heavy atom. The van der Waals surface area contributed by atoms with Crippen LogP contribution >= 0.6 is 0 Å². The minimum Gasteiger partial charge on any atom is -0.512 e. The minimum atomic E-state index is -0.601. The molecule has 0 aliphatic rings. The quantitative estimate of drug-likeness (QED) is 0.363. The monoisotopic (exact) mass is 320 g/mol. The second-order valence-corrected chi connectivity index (χ2v) is 6.07. The van der Waals surface area contributed by atoms with Crippen LogP contribution in [-0.4, -0.2) is 20.5 Å². The Kier molecular flexibility index (Phi) is 10.8. The lowest BCUT2D eigenvalue weighted by atomic mass is 10.0. The number of unbranched alkanes of at least 4 members (excludes halogenated alkanes) is 3. The molecule has 1 aromatic rings. The molecule has 0 aliphatic carbocycles. The Morgan fingerprint density at radius 1 is 0.870 bits per heavy atom. The van der Waals surface area contributed by atoms with E-state index in [1.807, 2.05) is 6.07 Å². The van der Waals surface area contributed by atoms with E-state index >= 15 is 0 Å². The molecule has 0 heterocycles. The van der Waals surface area contributed by atoms with Gasteiger partial charge in [-0.05, 0) is 44.2 Å². The lowest BCUT2D eigenvalue weighted by Crippen LogP contribution is -2.31. The van der Waals surface area contributed by atoms with E-state index in [0.29, 0.717) is 13.2 Å². The van der Waals surface area contributed by atoms with Gasteiger partial charge >= 0.3 is 7.32 Å². The van der Waals surface area contributed by atoms with Crippen LogP contribution in [-0.2, 0) is 15.7 Å². The van der Waals surface area contributed by atoms with E-state index in [9.17, 15) is 0 Å². The smallest absolute Gasteiger partial charge is 0.512 e. The van der Waals surface area contributed by atoms with Gasteiger partial charge in [0, 0.05) is 13.2 Å². The van der Waals surface area contributed by atoms with Crippen LogP contribution < -0.4 is 4.65 Å². The van der Waals surface area contributed by atoms with Crippen molar-refractivity contribution in [2.24, 2.45) is 0 Å². The normalized spacial score (nSPS) is 10.8. The first-order valence-electron chi connectivity index (χ1n) is 9.20. The molecule has 0 amide bonds. The van der Waals surface area contributed by atoms with Crippen molar-refractivity contribution >= 4 is 7.32 Å². The van der Waals surface area contributed by atoms with E-state index in [-0.39, 0.29) is 0 Å². The molecular weight excluding hydrogens is 287 g/mol. The Balaban J connectivity index is 2.70. The van der Waals surface area contributed by atoms with Gasteiger partial charge in [-0.15, -0.1) is 0 Å². The van der Waals surface area contributed by atoms with Crippen LogP contribution in [0.5, 0.6) is 5.75 Å². The summed E-state index contributed by atoms with van der Waals surface area (Å²) in [4.78, 5) is 0. The number of hydrogen-bond donors (Lipinski definition) is 0. The summed E-state index contributed by atoms with van der Waals surface area (Å²) in [5.74, 6) is 0.891. The van der Waals surface area contributed by atoms with Gasteiger partial charge in [0.15, 0.2) is 0 Å². The van der Waals surface area contributed by atoms with Crippen molar-refractivity contribution in [3.05, 3.63) is 29.3 Å². The third-order valence-corrected chi connectivity index (χ3v) is 3.74. The lowest BCUT2D eigenvalue weighted by molar-refractivity contribution is 0.136. The fourth-order valence-corrected chi connectivity index (χ4v) is 2.25. The minimum absolute atomic E-state index is 0.601. The third-order valence-electron chi connectivity index (χ3n) is 3.74. The first kappa shape index (κ1) is 20.1. The zero-order valence-electron chi connectivity index (χ0n) is 15.4.